The second-order valence-corrected chi connectivity index (χ2v) is 9.20. The van der Waals surface area contributed by atoms with Crippen LogP contribution >= 0.6 is 11.3 Å². The number of rotatable bonds is 5. The van der Waals surface area contributed by atoms with Crippen LogP contribution in [0, 0.1) is 13.8 Å². The lowest BCUT2D eigenvalue weighted by atomic mass is 10.2. The van der Waals surface area contributed by atoms with Crippen molar-refractivity contribution in [3.8, 4) is 22.2 Å². The van der Waals surface area contributed by atoms with Gasteiger partial charge in [0.1, 0.15) is 4.90 Å². The van der Waals surface area contributed by atoms with E-state index in [9.17, 15) is 8.42 Å². The molecule has 142 valence electrons. The summed E-state index contributed by atoms with van der Waals surface area (Å²) in [5.74, 6) is 0.757. The summed E-state index contributed by atoms with van der Waals surface area (Å²) in [6.07, 6.45) is 0. The van der Waals surface area contributed by atoms with Gasteiger partial charge in [0.15, 0.2) is 0 Å². The molecule has 8 heteroatoms. The first kappa shape index (κ1) is 18.4. The lowest BCUT2D eigenvalue weighted by Crippen LogP contribution is -2.13. The van der Waals surface area contributed by atoms with Crippen LogP contribution in [0.4, 0.5) is 5.69 Å². The SMILES string of the molecule is Cc1cccc(NS(=O)(=O)c2cc(-c3nc(-c4ccccc4)no3)sc2C)c1. The maximum atomic E-state index is 12.8. The third kappa shape index (κ3) is 3.69. The zero-order chi connectivity index (χ0) is 19.7. The Hall–Kier alpha value is -2.97. The molecule has 0 radical (unpaired) electrons. The van der Waals surface area contributed by atoms with Gasteiger partial charge in [-0.15, -0.1) is 11.3 Å². The zero-order valence-corrected chi connectivity index (χ0v) is 16.8. The molecular formula is C20H17N3O3S2. The van der Waals surface area contributed by atoms with Crippen LogP contribution in [0.3, 0.4) is 0 Å². The number of sulfonamides is 1. The summed E-state index contributed by atoms with van der Waals surface area (Å²) in [6.45, 7) is 3.67. The van der Waals surface area contributed by atoms with Gasteiger partial charge >= 0.3 is 0 Å². The lowest BCUT2D eigenvalue weighted by molar-refractivity contribution is 0.433. The maximum absolute atomic E-state index is 12.8. The van der Waals surface area contributed by atoms with Crippen molar-refractivity contribution >= 4 is 27.0 Å². The first-order chi connectivity index (χ1) is 13.4. The van der Waals surface area contributed by atoms with Gasteiger partial charge in [0, 0.05) is 16.1 Å². The quantitative estimate of drug-likeness (QED) is 0.506. The van der Waals surface area contributed by atoms with Crippen LogP contribution < -0.4 is 4.72 Å². The minimum absolute atomic E-state index is 0.202. The van der Waals surface area contributed by atoms with E-state index in [4.69, 9.17) is 4.52 Å². The Balaban J connectivity index is 1.64. The van der Waals surface area contributed by atoms with E-state index in [0.717, 1.165) is 11.1 Å². The van der Waals surface area contributed by atoms with Gasteiger partial charge in [-0.1, -0.05) is 47.6 Å². The fraction of sp³-hybridized carbons (Fsp3) is 0.100. The molecule has 0 aliphatic heterocycles. The first-order valence-corrected chi connectivity index (χ1v) is 10.8. The van der Waals surface area contributed by atoms with Gasteiger partial charge < -0.3 is 4.52 Å². The van der Waals surface area contributed by atoms with E-state index < -0.39 is 10.0 Å². The van der Waals surface area contributed by atoms with Crippen LogP contribution in [0.1, 0.15) is 10.4 Å². The fourth-order valence-corrected chi connectivity index (χ4v) is 5.35. The van der Waals surface area contributed by atoms with E-state index >= 15 is 0 Å². The highest BCUT2D eigenvalue weighted by atomic mass is 32.2. The molecule has 4 aromatic rings. The summed E-state index contributed by atoms with van der Waals surface area (Å²) in [5, 5.41) is 4.00. The number of hydrogen-bond acceptors (Lipinski definition) is 6. The summed E-state index contributed by atoms with van der Waals surface area (Å²) in [7, 11) is -3.72. The van der Waals surface area contributed by atoms with Gasteiger partial charge in [0.05, 0.1) is 4.88 Å². The van der Waals surface area contributed by atoms with Crippen LogP contribution in [-0.4, -0.2) is 18.6 Å². The molecule has 2 heterocycles. The Morgan fingerprint density at radius 2 is 1.79 bits per heavy atom. The molecule has 4 rings (SSSR count). The molecule has 0 aliphatic rings. The summed E-state index contributed by atoms with van der Waals surface area (Å²) in [6, 6.07) is 18.2. The van der Waals surface area contributed by atoms with E-state index in [1.165, 1.54) is 11.3 Å². The van der Waals surface area contributed by atoms with Gasteiger partial charge in [-0.2, -0.15) is 4.98 Å². The lowest BCUT2D eigenvalue weighted by Gasteiger charge is -2.08. The van der Waals surface area contributed by atoms with Gasteiger partial charge in [-0.3, -0.25) is 4.72 Å². The Morgan fingerprint density at radius 1 is 1.00 bits per heavy atom. The minimum Gasteiger partial charge on any atom is -0.333 e. The molecule has 28 heavy (non-hydrogen) atoms. The Morgan fingerprint density at radius 3 is 2.54 bits per heavy atom. The molecule has 0 atom stereocenters. The summed E-state index contributed by atoms with van der Waals surface area (Å²) >= 11 is 1.30. The minimum atomic E-state index is -3.72. The number of aryl methyl sites for hydroxylation is 2. The molecule has 1 N–H and O–H groups in total. The third-order valence-electron chi connectivity index (χ3n) is 4.10. The van der Waals surface area contributed by atoms with Crippen molar-refractivity contribution in [2.75, 3.05) is 4.72 Å². The average Bonchev–Trinajstić information content (AvgIpc) is 3.29. The van der Waals surface area contributed by atoms with Gasteiger partial charge in [-0.25, -0.2) is 8.42 Å². The molecule has 0 bridgehead atoms. The monoisotopic (exact) mass is 411 g/mol. The van der Waals surface area contributed by atoms with E-state index in [1.807, 2.05) is 49.4 Å². The second kappa shape index (κ2) is 7.21. The highest BCUT2D eigenvalue weighted by molar-refractivity contribution is 7.93. The molecule has 0 saturated carbocycles. The topological polar surface area (TPSA) is 85.1 Å². The number of thiophene rings is 1. The van der Waals surface area contributed by atoms with Crippen molar-refractivity contribution in [3.05, 3.63) is 71.1 Å². The number of nitrogens with zero attached hydrogens (tertiary/aromatic N) is 2. The van der Waals surface area contributed by atoms with Gasteiger partial charge in [0.25, 0.3) is 15.9 Å². The first-order valence-electron chi connectivity index (χ1n) is 8.52. The summed E-state index contributed by atoms with van der Waals surface area (Å²) < 4.78 is 33.6. The van der Waals surface area contributed by atoms with Crippen LogP contribution in [0.5, 0.6) is 0 Å². The Kier molecular flexibility index (Phi) is 4.74. The van der Waals surface area contributed by atoms with Crippen molar-refractivity contribution in [2.45, 2.75) is 18.7 Å². The average molecular weight is 412 g/mol. The summed E-state index contributed by atoms with van der Waals surface area (Å²) in [4.78, 5) is 5.86. The maximum Gasteiger partial charge on any atom is 0.268 e. The van der Waals surface area contributed by atoms with Crippen LogP contribution in [0.15, 0.2) is 70.1 Å². The molecule has 0 unspecified atom stereocenters. The highest BCUT2D eigenvalue weighted by Crippen LogP contribution is 2.34. The summed E-state index contributed by atoms with van der Waals surface area (Å²) in [5.41, 5.74) is 2.33. The van der Waals surface area contributed by atoms with Gasteiger partial charge in [-0.05, 0) is 37.6 Å². The van der Waals surface area contributed by atoms with Crippen LogP contribution in [0.25, 0.3) is 22.2 Å². The molecule has 6 nitrogen and oxygen atoms in total. The van der Waals surface area contributed by atoms with Gasteiger partial charge in [0.2, 0.25) is 5.82 Å². The van der Waals surface area contributed by atoms with E-state index in [1.54, 1.807) is 25.1 Å². The highest BCUT2D eigenvalue weighted by Gasteiger charge is 2.23. The number of nitrogens with one attached hydrogen (secondary N) is 1. The number of aromatic nitrogens is 2. The van der Waals surface area contributed by atoms with Crippen molar-refractivity contribution in [3.63, 3.8) is 0 Å². The molecule has 2 aromatic carbocycles. The predicted molar refractivity (Wildman–Crippen MR) is 110 cm³/mol. The normalized spacial score (nSPS) is 11.5. The molecule has 2 aromatic heterocycles. The number of hydrogen-bond donors (Lipinski definition) is 1. The van der Waals surface area contributed by atoms with Crippen molar-refractivity contribution in [1.82, 2.24) is 10.1 Å². The van der Waals surface area contributed by atoms with Crippen LogP contribution in [0.2, 0.25) is 0 Å². The van der Waals surface area contributed by atoms with E-state index in [-0.39, 0.29) is 4.90 Å². The number of anilines is 1. The largest absolute Gasteiger partial charge is 0.333 e. The predicted octanol–water partition coefficient (Wildman–Crippen LogP) is 4.88. The van der Waals surface area contributed by atoms with Crippen LogP contribution in [-0.2, 0) is 10.0 Å². The molecule has 0 spiro atoms. The van der Waals surface area contributed by atoms with E-state index in [0.29, 0.717) is 27.2 Å². The molecule has 0 aliphatic carbocycles. The van der Waals surface area contributed by atoms with Crippen molar-refractivity contribution < 1.29 is 12.9 Å². The molecular weight excluding hydrogens is 394 g/mol. The fourth-order valence-electron chi connectivity index (χ4n) is 2.78. The number of benzene rings is 2. The molecule has 0 amide bonds. The molecule has 0 fully saturated rings. The van der Waals surface area contributed by atoms with E-state index in [2.05, 4.69) is 14.9 Å². The van der Waals surface area contributed by atoms with Crippen molar-refractivity contribution in [2.24, 2.45) is 0 Å². The standard InChI is InChI=1S/C20H17N3O3S2/c1-13-7-6-10-16(11-13)23-28(24,25)18-12-17(27-14(18)2)20-21-19(22-26-20)15-8-4-3-5-9-15/h3-12,23H,1-2H3. The van der Waals surface area contributed by atoms with Crippen molar-refractivity contribution in [1.29, 1.82) is 0 Å². The third-order valence-corrected chi connectivity index (χ3v) is 6.78. The Labute approximate surface area is 166 Å². The second-order valence-electron chi connectivity index (χ2n) is 6.30. The Bertz CT molecular complexity index is 1230. The smallest absolute Gasteiger partial charge is 0.268 e. The molecule has 0 saturated heterocycles. The zero-order valence-electron chi connectivity index (χ0n) is 15.2.